The molecule has 4 N–H and O–H groups in total. The molecule has 0 aliphatic carbocycles. The zero-order valence-corrected chi connectivity index (χ0v) is 11.1. The van der Waals surface area contributed by atoms with Crippen molar-refractivity contribution in [2.75, 3.05) is 19.8 Å². The molecule has 1 heterocycles. The summed E-state index contributed by atoms with van der Waals surface area (Å²) in [6.07, 6.45) is 1.91. The van der Waals surface area contributed by atoms with Gasteiger partial charge >= 0.3 is 0 Å². The molecule has 1 fully saturated rings. The number of rotatable bonds is 5. The van der Waals surface area contributed by atoms with E-state index in [0.29, 0.717) is 38.5 Å². The van der Waals surface area contributed by atoms with Gasteiger partial charge < -0.3 is 21.0 Å². The highest BCUT2D eigenvalue weighted by Gasteiger charge is 2.44. The minimum atomic E-state index is -0.916. The molecule has 1 amide bonds. The van der Waals surface area contributed by atoms with Gasteiger partial charge in [-0.25, -0.2) is 0 Å². The highest BCUT2D eigenvalue weighted by atomic mass is 16.5. The Labute approximate surface area is 108 Å². The summed E-state index contributed by atoms with van der Waals surface area (Å²) in [6, 6.07) is 0. The number of nitrogens with two attached hydrogens (primary N) is 1. The monoisotopic (exact) mass is 257 g/mol. The first kappa shape index (κ1) is 14.8. The average Bonchev–Trinajstić information content (AvgIpc) is 2.43. The summed E-state index contributed by atoms with van der Waals surface area (Å²) < 4.78 is 5.24. The largest absolute Gasteiger partial charge is 0.409 e. The third-order valence-electron chi connectivity index (χ3n) is 3.69. The van der Waals surface area contributed by atoms with Crippen LogP contribution in [0.3, 0.4) is 0 Å². The van der Waals surface area contributed by atoms with Gasteiger partial charge in [-0.2, -0.15) is 0 Å². The first-order valence-corrected chi connectivity index (χ1v) is 6.41. The fraction of sp³-hybridized carbons (Fsp3) is 0.833. The molecule has 1 saturated heterocycles. The molecular formula is C12H23N3O3. The van der Waals surface area contributed by atoms with Crippen molar-refractivity contribution in [3.05, 3.63) is 0 Å². The van der Waals surface area contributed by atoms with Gasteiger partial charge in [-0.1, -0.05) is 25.4 Å². The van der Waals surface area contributed by atoms with Crippen LogP contribution in [-0.4, -0.2) is 36.7 Å². The molecule has 6 nitrogen and oxygen atoms in total. The lowest BCUT2D eigenvalue weighted by atomic mass is 9.78. The quantitative estimate of drug-likeness (QED) is 0.292. The van der Waals surface area contributed by atoms with Gasteiger partial charge in [0.05, 0.1) is 0 Å². The van der Waals surface area contributed by atoms with E-state index in [2.05, 4.69) is 24.3 Å². The molecular weight excluding hydrogens is 234 g/mol. The van der Waals surface area contributed by atoms with E-state index in [-0.39, 0.29) is 11.7 Å². The zero-order chi connectivity index (χ0) is 13.6. The number of hydrogen-bond acceptors (Lipinski definition) is 4. The van der Waals surface area contributed by atoms with E-state index in [4.69, 9.17) is 15.7 Å². The van der Waals surface area contributed by atoms with Crippen molar-refractivity contribution >= 4 is 11.7 Å². The fourth-order valence-corrected chi connectivity index (χ4v) is 2.00. The number of carbonyl (C=O) groups excluding carboxylic acids is 1. The summed E-state index contributed by atoms with van der Waals surface area (Å²) in [4.78, 5) is 12.3. The number of carbonyl (C=O) groups is 1. The molecule has 1 unspecified atom stereocenters. The molecule has 0 aromatic heterocycles. The average molecular weight is 257 g/mol. The summed E-state index contributed by atoms with van der Waals surface area (Å²) in [5, 5.41) is 14.8. The summed E-state index contributed by atoms with van der Waals surface area (Å²) in [7, 11) is 0. The van der Waals surface area contributed by atoms with E-state index >= 15 is 0 Å². The Kier molecular flexibility index (Phi) is 5.40. The SMILES string of the molecule is CCC(C)CNC(=O)C1(C(N)=NO)CCOCC1. The third kappa shape index (κ3) is 3.13. The van der Waals surface area contributed by atoms with Crippen LogP contribution in [0, 0.1) is 11.3 Å². The van der Waals surface area contributed by atoms with Crippen LogP contribution in [0.25, 0.3) is 0 Å². The Morgan fingerprint density at radius 2 is 2.17 bits per heavy atom. The Bertz CT molecular complexity index is 312. The molecule has 0 radical (unpaired) electrons. The smallest absolute Gasteiger partial charge is 0.234 e. The van der Waals surface area contributed by atoms with Crippen molar-refractivity contribution in [3.63, 3.8) is 0 Å². The number of hydrogen-bond donors (Lipinski definition) is 3. The second-order valence-corrected chi connectivity index (χ2v) is 4.90. The van der Waals surface area contributed by atoms with E-state index in [9.17, 15) is 4.79 Å². The highest BCUT2D eigenvalue weighted by Crippen LogP contribution is 2.31. The maximum atomic E-state index is 12.3. The topological polar surface area (TPSA) is 96.9 Å². The van der Waals surface area contributed by atoms with Crippen molar-refractivity contribution in [3.8, 4) is 0 Å². The van der Waals surface area contributed by atoms with Gasteiger partial charge in [0.1, 0.15) is 5.41 Å². The van der Waals surface area contributed by atoms with Gasteiger partial charge in [0.15, 0.2) is 5.84 Å². The molecule has 1 rings (SSSR count). The number of nitrogens with one attached hydrogen (secondary N) is 1. The van der Waals surface area contributed by atoms with Gasteiger partial charge in [0, 0.05) is 19.8 Å². The standard InChI is InChI=1S/C12H23N3O3/c1-3-9(2)8-14-11(16)12(10(13)15-17)4-6-18-7-5-12/h9,17H,3-8H2,1-2H3,(H2,13,15)(H,14,16). The van der Waals surface area contributed by atoms with Crippen LogP contribution < -0.4 is 11.1 Å². The van der Waals surface area contributed by atoms with E-state index < -0.39 is 5.41 Å². The van der Waals surface area contributed by atoms with Crippen LogP contribution in [0.4, 0.5) is 0 Å². The minimum Gasteiger partial charge on any atom is -0.409 e. The molecule has 1 aliphatic rings. The van der Waals surface area contributed by atoms with Gasteiger partial charge in [0.25, 0.3) is 0 Å². The molecule has 1 atom stereocenters. The van der Waals surface area contributed by atoms with Crippen molar-refractivity contribution in [1.82, 2.24) is 5.32 Å². The Morgan fingerprint density at radius 3 is 2.67 bits per heavy atom. The predicted molar refractivity (Wildman–Crippen MR) is 68.4 cm³/mol. The molecule has 0 aromatic rings. The van der Waals surface area contributed by atoms with Crippen molar-refractivity contribution in [2.45, 2.75) is 33.1 Å². The highest BCUT2D eigenvalue weighted by molar-refractivity contribution is 6.06. The van der Waals surface area contributed by atoms with Crippen LogP contribution in [0.5, 0.6) is 0 Å². The second kappa shape index (κ2) is 6.58. The van der Waals surface area contributed by atoms with Gasteiger partial charge in [-0.05, 0) is 18.8 Å². The van der Waals surface area contributed by atoms with Crippen LogP contribution in [0.1, 0.15) is 33.1 Å². The lowest BCUT2D eigenvalue weighted by Crippen LogP contribution is -2.53. The zero-order valence-electron chi connectivity index (χ0n) is 11.1. The molecule has 6 heteroatoms. The molecule has 18 heavy (non-hydrogen) atoms. The molecule has 0 saturated carbocycles. The number of amidine groups is 1. The Morgan fingerprint density at radius 1 is 1.56 bits per heavy atom. The van der Waals surface area contributed by atoms with Crippen LogP contribution in [-0.2, 0) is 9.53 Å². The molecule has 0 spiro atoms. The minimum absolute atomic E-state index is 0.0209. The van der Waals surface area contributed by atoms with Gasteiger partial charge in [-0.15, -0.1) is 0 Å². The van der Waals surface area contributed by atoms with Crippen LogP contribution in [0.15, 0.2) is 5.16 Å². The Balaban J connectivity index is 2.74. The van der Waals surface area contributed by atoms with E-state index in [0.717, 1.165) is 6.42 Å². The normalized spacial score (nSPS) is 21.3. The maximum Gasteiger partial charge on any atom is 0.234 e. The van der Waals surface area contributed by atoms with Crippen molar-refractivity contribution < 1.29 is 14.7 Å². The maximum absolute atomic E-state index is 12.3. The van der Waals surface area contributed by atoms with Crippen LogP contribution in [0.2, 0.25) is 0 Å². The summed E-state index contributed by atoms with van der Waals surface area (Å²) in [5.74, 6) is 0.229. The van der Waals surface area contributed by atoms with E-state index in [1.54, 1.807) is 0 Å². The lowest BCUT2D eigenvalue weighted by Gasteiger charge is -2.34. The molecule has 104 valence electrons. The van der Waals surface area contributed by atoms with E-state index in [1.807, 2.05) is 0 Å². The summed E-state index contributed by atoms with van der Waals surface area (Å²) in [6.45, 7) is 5.65. The van der Waals surface area contributed by atoms with Gasteiger partial charge in [0.2, 0.25) is 5.91 Å². The van der Waals surface area contributed by atoms with Gasteiger partial charge in [-0.3, -0.25) is 4.79 Å². The van der Waals surface area contributed by atoms with Crippen LogP contribution >= 0.6 is 0 Å². The van der Waals surface area contributed by atoms with Crippen molar-refractivity contribution in [2.24, 2.45) is 22.2 Å². The number of ether oxygens (including phenoxy) is 1. The second-order valence-electron chi connectivity index (χ2n) is 4.90. The number of amides is 1. The molecule has 0 aromatic carbocycles. The first-order chi connectivity index (χ1) is 8.56. The molecule has 1 aliphatic heterocycles. The third-order valence-corrected chi connectivity index (χ3v) is 3.69. The molecule has 0 bridgehead atoms. The summed E-state index contributed by atoms with van der Waals surface area (Å²) >= 11 is 0. The lowest BCUT2D eigenvalue weighted by molar-refractivity contribution is -0.131. The van der Waals surface area contributed by atoms with E-state index in [1.165, 1.54) is 0 Å². The fourth-order valence-electron chi connectivity index (χ4n) is 2.00. The van der Waals surface area contributed by atoms with Crippen molar-refractivity contribution in [1.29, 1.82) is 0 Å². The number of oxime groups is 1. The Hall–Kier alpha value is -1.30. The number of nitrogens with zero attached hydrogens (tertiary/aromatic N) is 1. The first-order valence-electron chi connectivity index (χ1n) is 6.41. The summed E-state index contributed by atoms with van der Waals surface area (Å²) in [5.41, 5.74) is 4.79. The predicted octanol–water partition coefficient (Wildman–Crippen LogP) is 0.692.